The van der Waals surface area contributed by atoms with Gasteiger partial charge in [-0.3, -0.25) is 9.67 Å². The predicted molar refractivity (Wildman–Crippen MR) is 67.5 cm³/mol. The van der Waals surface area contributed by atoms with Crippen LogP contribution in [0.25, 0.3) is 10.9 Å². The number of nitrogens with two attached hydrogens (primary N) is 1. The summed E-state index contributed by atoms with van der Waals surface area (Å²) in [6.07, 6.45) is 5.23. The molecule has 2 heterocycles. The van der Waals surface area contributed by atoms with E-state index in [1.54, 1.807) is 18.6 Å². The van der Waals surface area contributed by atoms with Crippen LogP contribution >= 0.6 is 0 Å². The highest BCUT2D eigenvalue weighted by Crippen LogP contribution is 2.19. The number of hydrogen-bond donors (Lipinski definition) is 1. The van der Waals surface area contributed by atoms with Crippen LogP contribution in [-0.4, -0.2) is 14.8 Å². The molecule has 1 aromatic carbocycles. The van der Waals surface area contributed by atoms with Gasteiger partial charge in [0.2, 0.25) is 0 Å². The molecule has 4 heteroatoms. The molecule has 0 amide bonds. The zero-order chi connectivity index (χ0) is 11.7. The number of pyridine rings is 1. The summed E-state index contributed by atoms with van der Waals surface area (Å²) < 4.78 is 1.91. The Bertz CT molecular complexity index is 643. The van der Waals surface area contributed by atoms with Gasteiger partial charge in [-0.15, -0.1) is 0 Å². The lowest BCUT2D eigenvalue weighted by Gasteiger charge is -2.03. The summed E-state index contributed by atoms with van der Waals surface area (Å²) in [5, 5.41) is 5.30. The van der Waals surface area contributed by atoms with Crippen molar-refractivity contribution in [3.63, 3.8) is 0 Å². The van der Waals surface area contributed by atoms with Crippen molar-refractivity contribution in [3.05, 3.63) is 54.5 Å². The Kier molecular flexibility index (Phi) is 2.26. The van der Waals surface area contributed by atoms with E-state index in [-0.39, 0.29) is 0 Å². The highest BCUT2D eigenvalue weighted by Gasteiger charge is 2.05. The first kappa shape index (κ1) is 9.84. The molecule has 0 aliphatic carbocycles. The summed E-state index contributed by atoms with van der Waals surface area (Å²) in [7, 11) is 0. The van der Waals surface area contributed by atoms with Crippen LogP contribution in [0.2, 0.25) is 0 Å². The molecule has 0 unspecified atom stereocenters. The van der Waals surface area contributed by atoms with Gasteiger partial charge in [-0.05, 0) is 5.56 Å². The third kappa shape index (κ3) is 1.73. The lowest BCUT2D eigenvalue weighted by Crippen LogP contribution is -2.01. The van der Waals surface area contributed by atoms with Crippen LogP contribution < -0.4 is 5.73 Å². The molecular formula is C13H12N4. The summed E-state index contributed by atoms with van der Waals surface area (Å²) >= 11 is 0. The second kappa shape index (κ2) is 3.90. The zero-order valence-corrected chi connectivity index (χ0v) is 9.24. The molecule has 0 saturated carbocycles. The Hall–Kier alpha value is -2.36. The minimum Gasteiger partial charge on any atom is -0.397 e. The Morgan fingerprint density at radius 2 is 1.88 bits per heavy atom. The fraction of sp³-hybridized carbons (Fsp3) is 0.0769. The van der Waals surface area contributed by atoms with Gasteiger partial charge in [-0.25, -0.2) is 0 Å². The summed E-state index contributed by atoms with van der Waals surface area (Å²) in [5.74, 6) is 0. The van der Waals surface area contributed by atoms with Crippen LogP contribution in [0.1, 0.15) is 5.56 Å². The molecule has 3 rings (SSSR count). The number of benzene rings is 1. The third-order valence-corrected chi connectivity index (χ3v) is 2.78. The van der Waals surface area contributed by atoms with Gasteiger partial charge < -0.3 is 5.73 Å². The highest BCUT2D eigenvalue weighted by atomic mass is 15.3. The van der Waals surface area contributed by atoms with Crippen molar-refractivity contribution in [2.75, 3.05) is 5.73 Å². The van der Waals surface area contributed by atoms with E-state index in [4.69, 9.17) is 5.73 Å². The van der Waals surface area contributed by atoms with Gasteiger partial charge in [0.15, 0.2) is 0 Å². The molecule has 2 aromatic heterocycles. The van der Waals surface area contributed by atoms with Gasteiger partial charge in [0.05, 0.1) is 36.3 Å². The smallest absolute Gasteiger partial charge is 0.0890 e. The number of hydrogen-bond acceptors (Lipinski definition) is 3. The molecule has 0 radical (unpaired) electrons. The number of nitrogen functional groups attached to an aromatic ring is 1. The fourth-order valence-corrected chi connectivity index (χ4v) is 1.89. The van der Waals surface area contributed by atoms with Crippen LogP contribution in [0.3, 0.4) is 0 Å². The van der Waals surface area contributed by atoms with Gasteiger partial charge in [-0.1, -0.05) is 30.3 Å². The fourth-order valence-electron chi connectivity index (χ4n) is 1.89. The van der Waals surface area contributed by atoms with Crippen molar-refractivity contribution in [1.29, 1.82) is 0 Å². The van der Waals surface area contributed by atoms with E-state index in [0.717, 1.165) is 17.4 Å². The van der Waals surface area contributed by atoms with Crippen molar-refractivity contribution in [2.24, 2.45) is 0 Å². The molecule has 4 nitrogen and oxygen atoms in total. The number of aromatic nitrogens is 3. The molecule has 3 aromatic rings. The second-order valence-electron chi connectivity index (χ2n) is 3.95. The van der Waals surface area contributed by atoms with E-state index in [2.05, 4.69) is 22.2 Å². The molecule has 0 spiro atoms. The SMILES string of the molecule is Nc1cncc2c1cnn2Cc1ccccc1. The van der Waals surface area contributed by atoms with E-state index >= 15 is 0 Å². The molecule has 84 valence electrons. The summed E-state index contributed by atoms with van der Waals surface area (Å²) in [4.78, 5) is 4.10. The molecule has 0 bridgehead atoms. The Morgan fingerprint density at radius 3 is 2.71 bits per heavy atom. The standard InChI is InChI=1S/C13H12N4/c14-12-7-15-8-13-11(12)6-16-17(13)9-10-4-2-1-3-5-10/h1-8H,9,14H2. The topological polar surface area (TPSA) is 56.7 Å². The first-order valence-corrected chi connectivity index (χ1v) is 5.43. The van der Waals surface area contributed by atoms with Gasteiger partial charge in [0.1, 0.15) is 0 Å². The quantitative estimate of drug-likeness (QED) is 0.724. The Morgan fingerprint density at radius 1 is 1.06 bits per heavy atom. The maximum Gasteiger partial charge on any atom is 0.0890 e. The molecule has 2 N–H and O–H groups in total. The summed E-state index contributed by atoms with van der Waals surface area (Å²) in [6.45, 7) is 0.732. The van der Waals surface area contributed by atoms with Gasteiger partial charge in [0, 0.05) is 5.39 Å². The summed E-state index contributed by atoms with van der Waals surface area (Å²) in [5.41, 5.74) is 8.69. The van der Waals surface area contributed by atoms with Gasteiger partial charge in [0.25, 0.3) is 0 Å². The predicted octanol–water partition coefficient (Wildman–Crippen LogP) is 2.06. The minimum atomic E-state index is 0.668. The lowest BCUT2D eigenvalue weighted by molar-refractivity contribution is 0.711. The second-order valence-corrected chi connectivity index (χ2v) is 3.95. The lowest BCUT2D eigenvalue weighted by atomic mass is 10.2. The van der Waals surface area contributed by atoms with Crippen LogP contribution in [0.4, 0.5) is 5.69 Å². The van der Waals surface area contributed by atoms with Crippen LogP contribution in [-0.2, 0) is 6.54 Å². The number of rotatable bonds is 2. The first-order valence-electron chi connectivity index (χ1n) is 5.43. The van der Waals surface area contributed by atoms with E-state index in [0.29, 0.717) is 5.69 Å². The molecular weight excluding hydrogens is 212 g/mol. The van der Waals surface area contributed by atoms with Crippen molar-refractivity contribution < 1.29 is 0 Å². The zero-order valence-electron chi connectivity index (χ0n) is 9.24. The molecule has 0 fully saturated rings. The largest absolute Gasteiger partial charge is 0.397 e. The maximum absolute atomic E-state index is 5.85. The van der Waals surface area contributed by atoms with Crippen LogP contribution in [0, 0.1) is 0 Å². The maximum atomic E-state index is 5.85. The van der Waals surface area contributed by atoms with Crippen molar-refractivity contribution in [1.82, 2.24) is 14.8 Å². The molecule has 17 heavy (non-hydrogen) atoms. The molecule has 0 atom stereocenters. The van der Waals surface area contributed by atoms with Crippen LogP contribution in [0.15, 0.2) is 48.9 Å². The Balaban J connectivity index is 2.05. The average molecular weight is 224 g/mol. The van der Waals surface area contributed by atoms with Crippen molar-refractivity contribution in [3.8, 4) is 0 Å². The van der Waals surface area contributed by atoms with E-state index in [1.165, 1.54) is 5.56 Å². The van der Waals surface area contributed by atoms with Crippen molar-refractivity contribution in [2.45, 2.75) is 6.54 Å². The first-order chi connectivity index (χ1) is 8.34. The number of nitrogens with zero attached hydrogens (tertiary/aromatic N) is 3. The monoisotopic (exact) mass is 224 g/mol. The van der Waals surface area contributed by atoms with Crippen LogP contribution in [0.5, 0.6) is 0 Å². The van der Waals surface area contributed by atoms with Crippen molar-refractivity contribution >= 4 is 16.6 Å². The van der Waals surface area contributed by atoms with E-state index in [1.807, 2.05) is 22.9 Å². The molecule has 0 aliphatic rings. The van der Waals surface area contributed by atoms with Gasteiger partial charge in [-0.2, -0.15) is 5.10 Å². The minimum absolute atomic E-state index is 0.668. The summed E-state index contributed by atoms with van der Waals surface area (Å²) in [6, 6.07) is 10.2. The normalized spacial score (nSPS) is 10.8. The molecule has 0 aliphatic heterocycles. The van der Waals surface area contributed by atoms with E-state index in [9.17, 15) is 0 Å². The number of anilines is 1. The average Bonchev–Trinajstić information content (AvgIpc) is 2.76. The third-order valence-electron chi connectivity index (χ3n) is 2.78. The van der Waals surface area contributed by atoms with Gasteiger partial charge >= 0.3 is 0 Å². The number of fused-ring (bicyclic) bond motifs is 1. The molecule has 0 saturated heterocycles. The highest BCUT2D eigenvalue weighted by molar-refractivity contribution is 5.88. The Labute approximate surface area is 98.7 Å². The van der Waals surface area contributed by atoms with E-state index < -0.39 is 0 Å².